The first-order valence-corrected chi connectivity index (χ1v) is 17.9. The normalized spacial score (nSPS) is 22.6. The van der Waals surface area contributed by atoms with Gasteiger partial charge >= 0.3 is 6.09 Å². The third-order valence-corrected chi connectivity index (χ3v) is 11.2. The number of alkyl carbamates (subject to hydrolysis) is 1. The number of aromatic amines is 1. The van der Waals surface area contributed by atoms with Crippen molar-refractivity contribution in [1.82, 2.24) is 25.1 Å². The first-order chi connectivity index (χ1) is 24.4. The molecule has 3 aliphatic rings. The standard InChI is InChI=1S/C41H43N5O4/c1-25(27-7-4-3-5-8-27)39(47)45-20-6-9-33(45)22-26-10-11-29-23-30(13-12-28(29)21-26)31-14-17-34-36(24-31)43-38(42-34)37-19-16-32-15-18-35(40(48)46(32)37)44-41(49)50-2/h3-5,7-8,10-14,17,21,23-25,32-33,35,37H,6,9,15-16,18-20,22H2,1-2H3,(H,42,43)(H,44,49)/t25-,32+,33+,35+,37+/m1/s1. The van der Waals surface area contributed by atoms with E-state index in [1.807, 2.05) is 48.2 Å². The third kappa shape index (κ3) is 5.99. The van der Waals surface area contributed by atoms with Gasteiger partial charge in [0, 0.05) is 18.6 Å². The Bertz CT molecular complexity index is 2080. The molecular weight excluding hydrogens is 626 g/mol. The van der Waals surface area contributed by atoms with Crippen LogP contribution in [0.15, 0.2) is 84.9 Å². The van der Waals surface area contributed by atoms with Crippen LogP contribution in [-0.4, -0.2) is 69.5 Å². The van der Waals surface area contributed by atoms with Crippen molar-refractivity contribution in [2.24, 2.45) is 0 Å². The zero-order valence-electron chi connectivity index (χ0n) is 28.6. The number of carbonyl (C=O) groups excluding carboxylic acids is 3. The summed E-state index contributed by atoms with van der Waals surface area (Å²) in [5.41, 5.74) is 6.33. The molecule has 4 aromatic carbocycles. The van der Waals surface area contributed by atoms with Crippen LogP contribution in [0.4, 0.5) is 4.79 Å². The van der Waals surface area contributed by atoms with Crippen molar-refractivity contribution in [3.05, 3.63) is 102 Å². The summed E-state index contributed by atoms with van der Waals surface area (Å²) in [5.74, 6) is 0.800. The lowest BCUT2D eigenvalue weighted by Crippen LogP contribution is -2.54. The number of ether oxygens (including phenoxy) is 1. The van der Waals surface area contributed by atoms with Crippen LogP contribution in [0.1, 0.15) is 74.4 Å². The van der Waals surface area contributed by atoms with Gasteiger partial charge in [-0.1, -0.05) is 66.7 Å². The molecule has 0 radical (unpaired) electrons. The fourth-order valence-corrected chi connectivity index (χ4v) is 8.48. The molecule has 9 nitrogen and oxygen atoms in total. The molecule has 4 heterocycles. The molecule has 3 saturated heterocycles. The minimum absolute atomic E-state index is 0.0682. The number of H-pyrrole nitrogens is 1. The summed E-state index contributed by atoms with van der Waals surface area (Å²) < 4.78 is 4.74. The van der Waals surface area contributed by atoms with Gasteiger partial charge in [-0.05, 0) is 103 Å². The summed E-state index contributed by atoms with van der Waals surface area (Å²) in [6, 6.07) is 29.3. The van der Waals surface area contributed by atoms with E-state index in [9.17, 15) is 14.4 Å². The molecule has 3 aliphatic heterocycles. The largest absolute Gasteiger partial charge is 0.453 e. The van der Waals surface area contributed by atoms with Crippen LogP contribution in [0, 0.1) is 0 Å². The number of carbonyl (C=O) groups is 3. The third-order valence-electron chi connectivity index (χ3n) is 11.2. The van der Waals surface area contributed by atoms with E-state index in [1.165, 1.54) is 23.4 Å². The minimum atomic E-state index is -0.583. The van der Waals surface area contributed by atoms with Gasteiger partial charge in [-0.25, -0.2) is 9.78 Å². The zero-order chi connectivity index (χ0) is 34.4. The number of imidazole rings is 1. The van der Waals surface area contributed by atoms with Crippen LogP contribution in [0.25, 0.3) is 32.9 Å². The topological polar surface area (TPSA) is 108 Å². The molecule has 50 heavy (non-hydrogen) atoms. The lowest BCUT2D eigenvalue weighted by molar-refractivity contribution is -0.139. The molecule has 3 amide bonds. The van der Waals surface area contributed by atoms with Crippen molar-refractivity contribution in [3.63, 3.8) is 0 Å². The van der Waals surface area contributed by atoms with E-state index in [2.05, 4.69) is 63.7 Å². The van der Waals surface area contributed by atoms with Gasteiger partial charge in [0.25, 0.3) is 0 Å². The molecule has 0 aliphatic carbocycles. The molecule has 2 N–H and O–H groups in total. The van der Waals surface area contributed by atoms with Gasteiger partial charge < -0.3 is 24.8 Å². The average molecular weight is 670 g/mol. The predicted octanol–water partition coefficient (Wildman–Crippen LogP) is 7.27. The van der Waals surface area contributed by atoms with Crippen molar-refractivity contribution in [2.45, 2.75) is 82.0 Å². The number of nitrogens with one attached hydrogen (secondary N) is 2. The van der Waals surface area contributed by atoms with Crippen molar-refractivity contribution < 1.29 is 19.1 Å². The van der Waals surface area contributed by atoms with Crippen LogP contribution in [-0.2, 0) is 20.7 Å². The van der Waals surface area contributed by atoms with Crippen LogP contribution >= 0.6 is 0 Å². The average Bonchev–Trinajstić information content (AvgIpc) is 3.90. The van der Waals surface area contributed by atoms with Gasteiger partial charge in [0.05, 0.1) is 30.1 Å². The van der Waals surface area contributed by atoms with E-state index in [4.69, 9.17) is 9.72 Å². The van der Waals surface area contributed by atoms with Gasteiger partial charge in [0.2, 0.25) is 11.8 Å². The van der Waals surface area contributed by atoms with Gasteiger partial charge in [0.15, 0.2) is 0 Å². The summed E-state index contributed by atoms with van der Waals surface area (Å²) in [5, 5.41) is 5.06. The summed E-state index contributed by atoms with van der Waals surface area (Å²) >= 11 is 0. The molecule has 3 fully saturated rings. The maximum atomic E-state index is 13.5. The lowest BCUT2D eigenvalue weighted by Gasteiger charge is -2.37. The quantitative estimate of drug-likeness (QED) is 0.190. The number of nitrogens with zero attached hydrogens (tertiary/aromatic N) is 3. The second-order valence-electron chi connectivity index (χ2n) is 14.2. The molecule has 1 aromatic heterocycles. The van der Waals surface area contributed by atoms with E-state index in [-0.39, 0.29) is 35.9 Å². The van der Waals surface area contributed by atoms with Crippen molar-refractivity contribution in [1.29, 1.82) is 0 Å². The molecule has 0 saturated carbocycles. The Morgan fingerprint density at radius 1 is 0.920 bits per heavy atom. The highest BCUT2D eigenvalue weighted by Crippen LogP contribution is 2.41. The maximum absolute atomic E-state index is 13.5. The predicted molar refractivity (Wildman–Crippen MR) is 194 cm³/mol. The number of methoxy groups -OCH3 is 1. The SMILES string of the molecule is COC(=O)N[C@H]1CC[C@H]2CC[C@@H](c3nc4ccc(-c5ccc6cc(C[C@@H]7CCCN7C(=O)[C@H](C)c7ccccc7)ccc6c5)cc4[nH]3)N2C1=O. The number of fused-ring (bicyclic) bond motifs is 3. The first kappa shape index (κ1) is 32.0. The number of benzene rings is 4. The van der Waals surface area contributed by atoms with E-state index < -0.39 is 12.1 Å². The molecular formula is C41H43N5O4. The molecule has 256 valence electrons. The van der Waals surface area contributed by atoms with Crippen LogP contribution < -0.4 is 5.32 Å². The lowest BCUT2D eigenvalue weighted by atomic mass is 9.96. The van der Waals surface area contributed by atoms with Crippen LogP contribution in [0.3, 0.4) is 0 Å². The second kappa shape index (κ2) is 13.3. The number of aromatic nitrogens is 2. The summed E-state index contributed by atoms with van der Waals surface area (Å²) in [6.07, 6.45) is 5.58. The minimum Gasteiger partial charge on any atom is -0.453 e. The second-order valence-corrected chi connectivity index (χ2v) is 14.2. The highest BCUT2D eigenvalue weighted by atomic mass is 16.5. The molecule has 5 aromatic rings. The number of piperidine rings is 1. The van der Waals surface area contributed by atoms with E-state index in [0.29, 0.717) is 6.42 Å². The summed E-state index contributed by atoms with van der Waals surface area (Å²) in [4.78, 5) is 51.2. The highest BCUT2D eigenvalue weighted by Gasteiger charge is 2.45. The van der Waals surface area contributed by atoms with Crippen LogP contribution in [0.2, 0.25) is 0 Å². The Hall–Kier alpha value is -5.18. The highest BCUT2D eigenvalue weighted by molar-refractivity contribution is 5.90. The number of likely N-dealkylation sites (tertiary alicyclic amines) is 1. The Kier molecular flexibility index (Phi) is 8.50. The monoisotopic (exact) mass is 669 g/mol. The Morgan fingerprint density at radius 2 is 1.68 bits per heavy atom. The van der Waals surface area contributed by atoms with Gasteiger partial charge in [-0.15, -0.1) is 0 Å². The van der Waals surface area contributed by atoms with Gasteiger partial charge in [-0.3, -0.25) is 9.59 Å². The maximum Gasteiger partial charge on any atom is 0.407 e. The molecule has 0 spiro atoms. The Labute approximate surface area is 292 Å². The van der Waals surface area contributed by atoms with E-state index >= 15 is 0 Å². The summed E-state index contributed by atoms with van der Waals surface area (Å²) in [7, 11) is 1.31. The Balaban J connectivity index is 0.977. The van der Waals surface area contributed by atoms with Crippen molar-refractivity contribution >= 4 is 39.7 Å². The number of rotatable bonds is 7. The van der Waals surface area contributed by atoms with E-state index in [1.54, 1.807) is 0 Å². The number of hydrogen-bond donors (Lipinski definition) is 2. The fourth-order valence-electron chi connectivity index (χ4n) is 8.48. The molecule has 0 unspecified atom stereocenters. The molecule has 0 bridgehead atoms. The van der Waals surface area contributed by atoms with Crippen LogP contribution in [0.5, 0.6) is 0 Å². The number of amides is 3. The van der Waals surface area contributed by atoms with Crippen molar-refractivity contribution in [3.8, 4) is 11.1 Å². The zero-order valence-corrected chi connectivity index (χ0v) is 28.6. The van der Waals surface area contributed by atoms with E-state index in [0.717, 1.165) is 78.6 Å². The Morgan fingerprint density at radius 3 is 2.52 bits per heavy atom. The summed E-state index contributed by atoms with van der Waals surface area (Å²) in [6.45, 7) is 2.85. The molecule has 5 atom stereocenters. The van der Waals surface area contributed by atoms with Gasteiger partial charge in [0.1, 0.15) is 11.9 Å². The van der Waals surface area contributed by atoms with Gasteiger partial charge in [-0.2, -0.15) is 0 Å². The fraction of sp³-hybridized carbons (Fsp3) is 0.366. The number of hydrogen-bond acceptors (Lipinski definition) is 5. The molecule has 9 heteroatoms. The van der Waals surface area contributed by atoms with Crippen molar-refractivity contribution in [2.75, 3.05) is 13.7 Å². The smallest absolute Gasteiger partial charge is 0.407 e. The first-order valence-electron chi connectivity index (χ1n) is 17.9. The molecule has 8 rings (SSSR count).